The molecule has 2 N–H and O–H groups in total. The fraction of sp³-hybridized carbons (Fsp3) is 0.667. The summed E-state index contributed by atoms with van der Waals surface area (Å²) in [5.41, 5.74) is 0.223. The van der Waals surface area contributed by atoms with E-state index in [1.54, 1.807) is 0 Å². The number of carbonyl (C=O) groups is 1. The minimum Gasteiger partial charge on any atom is -0.444 e. The van der Waals surface area contributed by atoms with E-state index in [-0.39, 0.29) is 18.1 Å². The van der Waals surface area contributed by atoms with Gasteiger partial charge < -0.3 is 15.4 Å². The van der Waals surface area contributed by atoms with E-state index in [1.165, 1.54) is 0 Å². The standard InChI is InChI=1S/C12H17N3O2/c1-12(2,3)17-11(16)15-9-5-7(6-13)4-8-10(9)14-8/h4,8-10,14H,5H2,1-3H3,(H,15,16)/t8-,9-,10-/m0/s1. The van der Waals surface area contributed by atoms with Crippen molar-refractivity contribution in [3.63, 3.8) is 0 Å². The fourth-order valence-electron chi connectivity index (χ4n) is 2.02. The van der Waals surface area contributed by atoms with Crippen molar-refractivity contribution in [2.24, 2.45) is 0 Å². The van der Waals surface area contributed by atoms with Gasteiger partial charge in [0, 0.05) is 24.1 Å². The van der Waals surface area contributed by atoms with Gasteiger partial charge in [-0.1, -0.05) is 6.08 Å². The minimum absolute atomic E-state index is 0.0468. The molecule has 0 radical (unpaired) electrons. The Labute approximate surface area is 101 Å². The molecule has 5 nitrogen and oxygen atoms in total. The van der Waals surface area contributed by atoms with Crippen LogP contribution in [0.25, 0.3) is 0 Å². The Kier molecular flexibility index (Phi) is 2.84. The van der Waals surface area contributed by atoms with E-state index in [4.69, 9.17) is 10.00 Å². The highest BCUT2D eigenvalue weighted by Crippen LogP contribution is 2.28. The van der Waals surface area contributed by atoms with Crippen LogP contribution in [-0.2, 0) is 4.74 Å². The first-order valence-corrected chi connectivity index (χ1v) is 5.75. The molecule has 1 amide bonds. The normalized spacial score (nSPS) is 30.7. The van der Waals surface area contributed by atoms with Crippen LogP contribution in [0.5, 0.6) is 0 Å². The van der Waals surface area contributed by atoms with Crippen molar-refractivity contribution >= 4 is 6.09 Å². The number of ether oxygens (including phenoxy) is 1. The molecule has 1 heterocycles. The van der Waals surface area contributed by atoms with Crippen LogP contribution in [-0.4, -0.2) is 29.8 Å². The number of alkyl carbamates (subject to hydrolysis) is 1. The molecule has 5 heteroatoms. The molecule has 0 unspecified atom stereocenters. The number of hydrogen-bond acceptors (Lipinski definition) is 4. The van der Waals surface area contributed by atoms with E-state index in [0.717, 1.165) is 5.57 Å². The maximum absolute atomic E-state index is 11.6. The molecule has 1 aliphatic heterocycles. The third kappa shape index (κ3) is 2.98. The molecule has 0 spiro atoms. The van der Waals surface area contributed by atoms with E-state index in [1.807, 2.05) is 26.8 Å². The van der Waals surface area contributed by atoms with Crippen LogP contribution in [0.3, 0.4) is 0 Å². The second-order valence-corrected chi connectivity index (χ2v) is 5.48. The molecule has 17 heavy (non-hydrogen) atoms. The summed E-state index contributed by atoms with van der Waals surface area (Å²) < 4.78 is 5.20. The predicted molar refractivity (Wildman–Crippen MR) is 62.2 cm³/mol. The summed E-state index contributed by atoms with van der Waals surface area (Å²) in [4.78, 5) is 11.6. The first-order valence-electron chi connectivity index (χ1n) is 5.75. The van der Waals surface area contributed by atoms with Crippen molar-refractivity contribution in [2.45, 2.75) is 50.9 Å². The van der Waals surface area contributed by atoms with Crippen molar-refractivity contribution in [3.8, 4) is 6.07 Å². The molecule has 2 aliphatic rings. The van der Waals surface area contributed by atoms with Gasteiger partial charge in [-0.25, -0.2) is 4.79 Å². The van der Waals surface area contributed by atoms with Gasteiger partial charge in [0.15, 0.2) is 0 Å². The summed E-state index contributed by atoms with van der Waals surface area (Å²) in [7, 11) is 0. The lowest BCUT2D eigenvalue weighted by atomic mass is 9.96. The van der Waals surface area contributed by atoms with Gasteiger partial charge in [-0.2, -0.15) is 5.26 Å². The second kappa shape index (κ2) is 4.04. The highest BCUT2D eigenvalue weighted by molar-refractivity contribution is 5.68. The number of hydrogen-bond donors (Lipinski definition) is 2. The zero-order valence-electron chi connectivity index (χ0n) is 10.3. The summed E-state index contributed by atoms with van der Waals surface area (Å²) in [5.74, 6) is 0. The van der Waals surface area contributed by atoms with Gasteiger partial charge in [-0.05, 0) is 20.8 Å². The van der Waals surface area contributed by atoms with Gasteiger partial charge in [0.25, 0.3) is 0 Å². The number of nitrogens with one attached hydrogen (secondary N) is 2. The lowest BCUT2D eigenvalue weighted by molar-refractivity contribution is 0.0502. The van der Waals surface area contributed by atoms with Crippen molar-refractivity contribution in [1.29, 1.82) is 5.26 Å². The molecule has 1 fully saturated rings. The molecule has 92 valence electrons. The predicted octanol–water partition coefficient (Wildman–Crippen LogP) is 1.07. The van der Waals surface area contributed by atoms with Gasteiger partial charge in [0.2, 0.25) is 0 Å². The molecule has 0 bridgehead atoms. The van der Waals surface area contributed by atoms with E-state index in [2.05, 4.69) is 16.7 Å². The van der Waals surface area contributed by atoms with Gasteiger partial charge in [-0.3, -0.25) is 0 Å². The fourth-order valence-corrected chi connectivity index (χ4v) is 2.02. The quantitative estimate of drug-likeness (QED) is 0.666. The van der Waals surface area contributed by atoms with E-state index >= 15 is 0 Å². The summed E-state index contributed by atoms with van der Waals surface area (Å²) in [6.45, 7) is 5.48. The number of nitrogens with zero attached hydrogens (tertiary/aromatic N) is 1. The molecular weight excluding hydrogens is 218 g/mol. The summed E-state index contributed by atoms with van der Waals surface area (Å²) in [6, 6.07) is 2.58. The van der Waals surface area contributed by atoms with Gasteiger partial charge >= 0.3 is 6.09 Å². The Bertz CT molecular complexity index is 403. The molecule has 3 atom stereocenters. The van der Waals surface area contributed by atoms with E-state index in [9.17, 15) is 4.79 Å². The average Bonchev–Trinajstić information content (AvgIpc) is 2.93. The SMILES string of the molecule is CC(C)(C)OC(=O)N[C@H]1CC(C#N)=C[C@@H]2N[C@@H]21. The number of nitriles is 1. The van der Waals surface area contributed by atoms with Crippen molar-refractivity contribution in [3.05, 3.63) is 11.6 Å². The molecule has 0 aromatic heterocycles. The van der Waals surface area contributed by atoms with E-state index in [0.29, 0.717) is 6.42 Å². The van der Waals surface area contributed by atoms with Crippen LogP contribution in [0.4, 0.5) is 4.79 Å². The smallest absolute Gasteiger partial charge is 0.407 e. The van der Waals surface area contributed by atoms with Crippen LogP contribution in [0.1, 0.15) is 27.2 Å². The topological polar surface area (TPSA) is 84.1 Å². The van der Waals surface area contributed by atoms with Gasteiger partial charge in [0.05, 0.1) is 12.1 Å². The molecule has 2 rings (SSSR count). The van der Waals surface area contributed by atoms with Gasteiger partial charge in [-0.15, -0.1) is 0 Å². The first-order chi connectivity index (χ1) is 7.89. The summed E-state index contributed by atoms with van der Waals surface area (Å²) in [5, 5.41) is 14.9. The zero-order chi connectivity index (χ0) is 12.6. The third-order valence-corrected chi connectivity index (χ3v) is 2.76. The Morgan fingerprint density at radius 2 is 2.35 bits per heavy atom. The van der Waals surface area contributed by atoms with Crippen LogP contribution < -0.4 is 10.6 Å². The second-order valence-electron chi connectivity index (χ2n) is 5.48. The number of carbonyl (C=O) groups excluding carboxylic acids is 1. The summed E-state index contributed by atoms with van der Waals surface area (Å²) in [6.07, 6.45) is 2.08. The Morgan fingerprint density at radius 1 is 1.65 bits per heavy atom. The molecule has 1 aliphatic carbocycles. The number of rotatable bonds is 1. The maximum atomic E-state index is 11.6. The molecular formula is C12H17N3O2. The van der Waals surface area contributed by atoms with Crippen LogP contribution in [0.2, 0.25) is 0 Å². The van der Waals surface area contributed by atoms with Crippen molar-refractivity contribution in [2.75, 3.05) is 0 Å². The highest BCUT2D eigenvalue weighted by Gasteiger charge is 2.45. The van der Waals surface area contributed by atoms with Crippen LogP contribution >= 0.6 is 0 Å². The Balaban J connectivity index is 1.91. The molecule has 0 aromatic carbocycles. The Morgan fingerprint density at radius 3 is 2.94 bits per heavy atom. The lowest BCUT2D eigenvalue weighted by Gasteiger charge is -2.24. The molecule has 0 saturated carbocycles. The van der Waals surface area contributed by atoms with Crippen molar-refractivity contribution in [1.82, 2.24) is 10.6 Å². The number of fused-ring (bicyclic) bond motifs is 1. The van der Waals surface area contributed by atoms with Crippen LogP contribution in [0, 0.1) is 11.3 Å². The largest absolute Gasteiger partial charge is 0.444 e. The third-order valence-electron chi connectivity index (χ3n) is 2.76. The molecule has 1 saturated heterocycles. The van der Waals surface area contributed by atoms with Crippen LogP contribution in [0.15, 0.2) is 11.6 Å². The summed E-state index contributed by atoms with van der Waals surface area (Å²) >= 11 is 0. The lowest BCUT2D eigenvalue weighted by Crippen LogP contribution is -2.44. The first kappa shape index (κ1) is 11.9. The minimum atomic E-state index is -0.497. The number of amides is 1. The highest BCUT2D eigenvalue weighted by atomic mass is 16.6. The molecule has 0 aromatic rings. The van der Waals surface area contributed by atoms with Crippen molar-refractivity contribution < 1.29 is 9.53 Å². The van der Waals surface area contributed by atoms with Gasteiger partial charge in [0.1, 0.15) is 5.60 Å². The monoisotopic (exact) mass is 235 g/mol. The van der Waals surface area contributed by atoms with E-state index < -0.39 is 11.7 Å². The average molecular weight is 235 g/mol. The zero-order valence-corrected chi connectivity index (χ0v) is 10.3. The maximum Gasteiger partial charge on any atom is 0.407 e. The Hall–Kier alpha value is -1.54.